The molecule has 8 heteroatoms. The molecule has 0 bridgehead atoms. The number of carbonyl (C=O) groups excluding carboxylic acids is 1. The summed E-state index contributed by atoms with van der Waals surface area (Å²) in [7, 11) is 0. The Hall–Kier alpha value is -3.00. The van der Waals surface area contributed by atoms with Crippen molar-refractivity contribution in [1.29, 1.82) is 0 Å². The van der Waals surface area contributed by atoms with Crippen molar-refractivity contribution in [2.45, 2.75) is 26.3 Å². The second-order valence-electron chi connectivity index (χ2n) is 6.11. The van der Waals surface area contributed by atoms with Crippen LogP contribution in [0.15, 0.2) is 37.2 Å². The molecule has 3 aromatic rings. The van der Waals surface area contributed by atoms with Gasteiger partial charge in [0.05, 0.1) is 18.3 Å². The first-order valence-electron chi connectivity index (χ1n) is 8.61. The van der Waals surface area contributed by atoms with Crippen LogP contribution in [0, 0.1) is 6.92 Å². The SMILES string of the molecule is Cc1cc(CNCCc2cnc[nH]2)nc(C(=O)NCCc2cnc[nH]2)c1. The van der Waals surface area contributed by atoms with Crippen molar-refractivity contribution >= 4 is 5.91 Å². The number of H-pyrrole nitrogens is 2. The van der Waals surface area contributed by atoms with Crippen molar-refractivity contribution in [3.05, 3.63) is 65.5 Å². The number of aromatic nitrogens is 5. The highest BCUT2D eigenvalue weighted by molar-refractivity contribution is 5.92. The Bertz CT molecular complexity index is 812. The van der Waals surface area contributed by atoms with Gasteiger partial charge in [-0.15, -0.1) is 0 Å². The quantitative estimate of drug-likeness (QED) is 0.431. The molecule has 136 valence electrons. The van der Waals surface area contributed by atoms with Crippen LogP contribution in [-0.2, 0) is 19.4 Å². The molecule has 0 radical (unpaired) electrons. The third-order valence-corrected chi connectivity index (χ3v) is 3.92. The minimum absolute atomic E-state index is 0.160. The van der Waals surface area contributed by atoms with Gasteiger partial charge in [-0.05, 0) is 24.6 Å². The molecule has 0 saturated heterocycles. The molecular weight excluding hydrogens is 330 g/mol. The summed E-state index contributed by atoms with van der Waals surface area (Å²) in [5.74, 6) is -0.160. The lowest BCUT2D eigenvalue weighted by Gasteiger charge is -2.09. The highest BCUT2D eigenvalue weighted by atomic mass is 16.1. The third kappa shape index (κ3) is 5.25. The fourth-order valence-electron chi connectivity index (χ4n) is 2.63. The second kappa shape index (κ2) is 8.91. The van der Waals surface area contributed by atoms with Crippen LogP contribution in [0.1, 0.15) is 33.1 Å². The molecule has 0 aromatic carbocycles. The molecule has 0 saturated carbocycles. The summed E-state index contributed by atoms with van der Waals surface area (Å²) in [6.07, 6.45) is 8.45. The topological polar surface area (TPSA) is 111 Å². The van der Waals surface area contributed by atoms with Crippen molar-refractivity contribution in [3.63, 3.8) is 0 Å². The lowest BCUT2D eigenvalue weighted by molar-refractivity contribution is 0.0948. The van der Waals surface area contributed by atoms with E-state index in [2.05, 4.69) is 35.6 Å². The van der Waals surface area contributed by atoms with Gasteiger partial charge in [0.2, 0.25) is 0 Å². The van der Waals surface area contributed by atoms with Crippen molar-refractivity contribution < 1.29 is 4.79 Å². The molecule has 3 aromatic heterocycles. The van der Waals surface area contributed by atoms with Gasteiger partial charge in [0.25, 0.3) is 5.91 Å². The Morgan fingerprint density at radius 2 is 1.73 bits per heavy atom. The van der Waals surface area contributed by atoms with E-state index in [-0.39, 0.29) is 5.91 Å². The summed E-state index contributed by atoms with van der Waals surface area (Å²) in [6.45, 7) is 3.93. The fraction of sp³-hybridized carbons (Fsp3) is 0.333. The van der Waals surface area contributed by atoms with Crippen LogP contribution >= 0.6 is 0 Å². The van der Waals surface area contributed by atoms with E-state index in [1.165, 1.54) is 0 Å². The summed E-state index contributed by atoms with van der Waals surface area (Å²) < 4.78 is 0. The molecule has 26 heavy (non-hydrogen) atoms. The van der Waals surface area contributed by atoms with Crippen LogP contribution in [0.2, 0.25) is 0 Å². The molecule has 0 aliphatic heterocycles. The number of aryl methyl sites for hydroxylation is 1. The van der Waals surface area contributed by atoms with E-state index in [0.29, 0.717) is 25.2 Å². The minimum atomic E-state index is -0.160. The molecule has 0 atom stereocenters. The number of imidazole rings is 2. The van der Waals surface area contributed by atoms with Crippen molar-refractivity contribution in [1.82, 2.24) is 35.6 Å². The Labute approximate surface area is 151 Å². The van der Waals surface area contributed by atoms with Gasteiger partial charge in [-0.2, -0.15) is 0 Å². The van der Waals surface area contributed by atoms with Crippen LogP contribution in [0.3, 0.4) is 0 Å². The summed E-state index contributed by atoms with van der Waals surface area (Å²) in [5, 5.41) is 6.24. The molecule has 0 aliphatic rings. The maximum atomic E-state index is 12.3. The molecule has 0 unspecified atom stereocenters. The molecule has 3 heterocycles. The third-order valence-electron chi connectivity index (χ3n) is 3.92. The van der Waals surface area contributed by atoms with Gasteiger partial charge in [0, 0.05) is 56.3 Å². The van der Waals surface area contributed by atoms with Gasteiger partial charge in [-0.3, -0.25) is 4.79 Å². The Kier molecular flexibility index (Phi) is 6.10. The molecule has 1 amide bonds. The number of pyridine rings is 1. The Morgan fingerprint density at radius 1 is 1.04 bits per heavy atom. The Balaban J connectivity index is 1.48. The first kappa shape index (κ1) is 17.8. The summed E-state index contributed by atoms with van der Waals surface area (Å²) in [6, 6.07) is 3.80. The van der Waals surface area contributed by atoms with Gasteiger partial charge in [-0.25, -0.2) is 15.0 Å². The number of hydrogen-bond donors (Lipinski definition) is 4. The van der Waals surface area contributed by atoms with E-state index in [4.69, 9.17) is 0 Å². The predicted molar refractivity (Wildman–Crippen MR) is 97.6 cm³/mol. The fourth-order valence-corrected chi connectivity index (χ4v) is 2.63. The summed E-state index contributed by atoms with van der Waals surface area (Å²) >= 11 is 0. The normalized spacial score (nSPS) is 10.8. The van der Waals surface area contributed by atoms with E-state index in [1.54, 1.807) is 24.9 Å². The highest BCUT2D eigenvalue weighted by Gasteiger charge is 2.09. The monoisotopic (exact) mass is 353 g/mol. The zero-order valence-corrected chi connectivity index (χ0v) is 14.7. The van der Waals surface area contributed by atoms with Gasteiger partial charge in [0.15, 0.2) is 0 Å². The average molecular weight is 353 g/mol. The van der Waals surface area contributed by atoms with Crippen molar-refractivity contribution in [3.8, 4) is 0 Å². The first-order valence-corrected chi connectivity index (χ1v) is 8.61. The summed E-state index contributed by atoms with van der Waals surface area (Å²) in [4.78, 5) is 30.8. The lowest BCUT2D eigenvalue weighted by atomic mass is 10.2. The molecule has 3 rings (SSSR count). The van der Waals surface area contributed by atoms with Crippen LogP contribution < -0.4 is 10.6 Å². The number of nitrogens with zero attached hydrogens (tertiary/aromatic N) is 3. The van der Waals surface area contributed by atoms with Crippen molar-refractivity contribution in [2.24, 2.45) is 0 Å². The number of nitrogens with one attached hydrogen (secondary N) is 4. The van der Waals surface area contributed by atoms with Crippen LogP contribution in [-0.4, -0.2) is 43.9 Å². The summed E-state index contributed by atoms with van der Waals surface area (Å²) in [5.41, 5.74) is 4.40. The van der Waals surface area contributed by atoms with Gasteiger partial charge in [-0.1, -0.05) is 0 Å². The number of amides is 1. The van der Waals surface area contributed by atoms with Gasteiger partial charge >= 0.3 is 0 Å². The zero-order valence-electron chi connectivity index (χ0n) is 14.7. The molecule has 4 N–H and O–H groups in total. The van der Waals surface area contributed by atoms with Crippen LogP contribution in [0.4, 0.5) is 0 Å². The Morgan fingerprint density at radius 3 is 2.38 bits per heavy atom. The standard InChI is InChI=1S/C18H23N7O/c1-13-6-16(10-19-4-2-14-8-20-11-23-14)25-17(7-13)18(26)22-5-3-15-9-21-12-24-15/h6-9,11-12,19H,2-5,10H2,1H3,(H,20,23)(H,21,24)(H,22,26). The maximum absolute atomic E-state index is 12.3. The number of aromatic amines is 2. The number of hydrogen-bond acceptors (Lipinski definition) is 5. The van der Waals surface area contributed by atoms with E-state index >= 15 is 0 Å². The van der Waals surface area contributed by atoms with Crippen molar-refractivity contribution in [2.75, 3.05) is 13.1 Å². The average Bonchev–Trinajstić information content (AvgIpc) is 3.32. The molecular formula is C18H23N7O. The smallest absolute Gasteiger partial charge is 0.269 e. The van der Waals surface area contributed by atoms with E-state index in [9.17, 15) is 4.79 Å². The molecule has 0 aliphatic carbocycles. The van der Waals surface area contributed by atoms with Crippen LogP contribution in [0.5, 0.6) is 0 Å². The van der Waals surface area contributed by atoms with Crippen LogP contribution in [0.25, 0.3) is 0 Å². The van der Waals surface area contributed by atoms with E-state index < -0.39 is 0 Å². The largest absolute Gasteiger partial charge is 0.350 e. The zero-order chi connectivity index (χ0) is 18.2. The lowest BCUT2D eigenvalue weighted by Crippen LogP contribution is -2.27. The second-order valence-corrected chi connectivity index (χ2v) is 6.11. The minimum Gasteiger partial charge on any atom is -0.350 e. The van der Waals surface area contributed by atoms with E-state index in [1.807, 2.05) is 19.2 Å². The van der Waals surface area contributed by atoms with E-state index in [0.717, 1.165) is 35.6 Å². The molecule has 0 spiro atoms. The first-order chi connectivity index (χ1) is 12.7. The number of carbonyl (C=O) groups is 1. The predicted octanol–water partition coefficient (Wildman–Crippen LogP) is 1.14. The maximum Gasteiger partial charge on any atom is 0.269 e. The molecule has 0 fully saturated rings. The molecule has 8 nitrogen and oxygen atoms in total. The van der Waals surface area contributed by atoms with Gasteiger partial charge < -0.3 is 20.6 Å². The highest BCUT2D eigenvalue weighted by Crippen LogP contribution is 2.06. The van der Waals surface area contributed by atoms with Gasteiger partial charge in [0.1, 0.15) is 5.69 Å². The number of rotatable bonds is 9.